The average Bonchev–Trinajstić information content (AvgIpc) is 4.00. The Hall–Kier alpha value is -5.60. The molecule has 3 aromatic rings. The van der Waals surface area contributed by atoms with E-state index in [-0.39, 0.29) is 47.5 Å². The molecule has 0 bridgehead atoms. The molecule has 330 valence electrons. The fourth-order valence-electron chi connectivity index (χ4n) is 9.65. The van der Waals surface area contributed by atoms with E-state index >= 15 is 0 Å². The number of amides is 6. The molecule has 0 spiro atoms. The zero-order chi connectivity index (χ0) is 43.6. The second-order valence-electron chi connectivity index (χ2n) is 17.3. The van der Waals surface area contributed by atoms with Gasteiger partial charge in [0.25, 0.3) is 11.8 Å². The average molecular weight is 847 g/mol. The molecule has 7 rings (SSSR count). The van der Waals surface area contributed by atoms with Crippen molar-refractivity contribution >= 4 is 35.4 Å². The Morgan fingerprint density at radius 3 is 1.37 bits per heavy atom. The van der Waals surface area contributed by atoms with Gasteiger partial charge in [-0.2, -0.15) is 0 Å². The lowest BCUT2D eigenvalue weighted by Gasteiger charge is -2.31. The van der Waals surface area contributed by atoms with Crippen LogP contribution in [0.4, 0.5) is 0 Å². The van der Waals surface area contributed by atoms with Gasteiger partial charge in [-0.25, -0.2) is 0 Å². The highest BCUT2D eigenvalue weighted by Gasteiger charge is 2.39. The summed E-state index contributed by atoms with van der Waals surface area (Å²) in [6, 6.07) is 19.9. The molecule has 0 saturated carbocycles. The molecule has 2 saturated heterocycles. The predicted octanol–water partition coefficient (Wildman–Crippen LogP) is 3.73. The zero-order valence-corrected chi connectivity index (χ0v) is 35.6. The minimum atomic E-state index is -0.786. The topological polar surface area (TPSA) is 209 Å². The summed E-state index contributed by atoms with van der Waals surface area (Å²) in [5, 5.41) is 12.1. The van der Waals surface area contributed by atoms with Crippen molar-refractivity contribution in [3.63, 3.8) is 0 Å². The predicted molar refractivity (Wildman–Crippen MR) is 236 cm³/mol. The Kier molecular flexibility index (Phi) is 15.0. The van der Waals surface area contributed by atoms with Gasteiger partial charge in [-0.15, -0.1) is 0 Å². The fraction of sp³-hybridized carbons (Fsp3) is 0.500. The summed E-state index contributed by atoms with van der Waals surface area (Å²) >= 11 is 0. The molecule has 14 heteroatoms. The Morgan fingerprint density at radius 1 is 0.548 bits per heavy atom. The van der Waals surface area contributed by atoms with Gasteiger partial charge in [-0.3, -0.25) is 28.8 Å². The van der Waals surface area contributed by atoms with Crippen LogP contribution >= 0.6 is 0 Å². The maximum atomic E-state index is 13.4. The normalized spacial score (nSPS) is 21.5. The van der Waals surface area contributed by atoms with Crippen LogP contribution in [-0.2, 0) is 32.0 Å². The molecule has 6 atom stereocenters. The van der Waals surface area contributed by atoms with Crippen LogP contribution in [0.1, 0.15) is 132 Å². The second kappa shape index (κ2) is 21.0. The van der Waals surface area contributed by atoms with Crippen LogP contribution in [-0.4, -0.2) is 95.6 Å². The number of rotatable bonds is 16. The van der Waals surface area contributed by atoms with Gasteiger partial charge in [0.05, 0.1) is 24.2 Å². The highest BCUT2D eigenvalue weighted by molar-refractivity contribution is 5.98. The first-order valence-corrected chi connectivity index (χ1v) is 22.6. The first-order chi connectivity index (χ1) is 30.1. The van der Waals surface area contributed by atoms with E-state index in [1.54, 1.807) is 34.1 Å². The maximum absolute atomic E-state index is 13.4. The molecular weight excluding hydrogens is 785 g/mol. The molecule has 2 fully saturated rings. The highest BCUT2D eigenvalue weighted by Crippen LogP contribution is 2.32. The molecule has 0 radical (unpaired) electrons. The lowest BCUT2D eigenvalue weighted by molar-refractivity contribution is -0.139. The smallest absolute Gasteiger partial charge is 0.251 e. The standard InChI is InChI=1S/C48H62N8O6/c49-37(47(61)55-29-9-21-41(55)45(59)53-39-19-5-13-31-11-1-3-15-35(31)39)17-7-27-51-43(57)33-23-25-34(26-24-33)44(58)52-28-8-18-38(50)48(62)56-30-10-22-42(56)46(60)54-40-20-6-14-32-12-2-4-16-36(32)40/h1-4,11-12,15-16,23-26,37-42H,5-10,13-14,17-22,27-30,49-50H2,(H,51,57)(H,52,58)(H,53,59)(H,54,60)/t37-,38-,39+,40+,41-,42-/m0/s1. The van der Waals surface area contributed by atoms with Crippen LogP contribution in [0.25, 0.3) is 0 Å². The van der Waals surface area contributed by atoms with Gasteiger partial charge in [-0.1, -0.05) is 48.5 Å². The van der Waals surface area contributed by atoms with E-state index in [1.807, 2.05) is 24.3 Å². The minimum absolute atomic E-state index is 0.0565. The molecule has 0 unspecified atom stereocenters. The number of likely N-dealkylation sites (tertiary alicyclic amines) is 2. The number of aryl methyl sites for hydroxylation is 2. The van der Waals surface area contributed by atoms with Gasteiger partial charge in [-0.05, 0) is 136 Å². The molecule has 2 aliphatic heterocycles. The zero-order valence-electron chi connectivity index (χ0n) is 35.6. The summed E-state index contributed by atoms with van der Waals surface area (Å²) < 4.78 is 0. The van der Waals surface area contributed by atoms with E-state index in [0.29, 0.717) is 75.8 Å². The summed E-state index contributed by atoms with van der Waals surface area (Å²) in [6.07, 6.45) is 10.1. The highest BCUT2D eigenvalue weighted by atomic mass is 16.2. The minimum Gasteiger partial charge on any atom is -0.352 e. The van der Waals surface area contributed by atoms with E-state index in [9.17, 15) is 28.8 Å². The molecule has 14 nitrogen and oxygen atoms in total. The van der Waals surface area contributed by atoms with Crippen LogP contribution in [0, 0.1) is 0 Å². The van der Waals surface area contributed by atoms with Crippen molar-refractivity contribution in [3.8, 4) is 0 Å². The second-order valence-corrected chi connectivity index (χ2v) is 17.3. The molecule has 3 aromatic carbocycles. The molecule has 8 N–H and O–H groups in total. The van der Waals surface area contributed by atoms with Gasteiger partial charge in [0.2, 0.25) is 23.6 Å². The van der Waals surface area contributed by atoms with Gasteiger partial charge in [0.15, 0.2) is 0 Å². The first-order valence-electron chi connectivity index (χ1n) is 22.6. The van der Waals surface area contributed by atoms with E-state index in [0.717, 1.165) is 62.5 Å². The summed E-state index contributed by atoms with van der Waals surface area (Å²) in [7, 11) is 0. The Morgan fingerprint density at radius 2 is 0.952 bits per heavy atom. The number of hydrogen-bond donors (Lipinski definition) is 6. The monoisotopic (exact) mass is 846 g/mol. The lowest BCUT2D eigenvalue weighted by Crippen LogP contribution is -2.51. The number of nitrogens with zero attached hydrogens (tertiary/aromatic N) is 2. The number of carbonyl (C=O) groups excluding carboxylic acids is 6. The Balaban J connectivity index is 0.780. The summed E-state index contributed by atoms with van der Waals surface area (Å²) in [5.74, 6) is -1.39. The van der Waals surface area contributed by atoms with Crippen molar-refractivity contribution in [2.24, 2.45) is 11.5 Å². The van der Waals surface area contributed by atoms with E-state index in [2.05, 4.69) is 45.5 Å². The molecular formula is C48H62N8O6. The van der Waals surface area contributed by atoms with E-state index in [4.69, 9.17) is 11.5 Å². The number of nitrogens with one attached hydrogen (secondary N) is 4. The van der Waals surface area contributed by atoms with Crippen molar-refractivity contribution in [1.82, 2.24) is 31.1 Å². The third-order valence-electron chi connectivity index (χ3n) is 13.0. The van der Waals surface area contributed by atoms with Gasteiger partial charge in [0.1, 0.15) is 12.1 Å². The fourth-order valence-corrected chi connectivity index (χ4v) is 9.65. The molecule has 2 aliphatic carbocycles. The number of fused-ring (bicyclic) bond motifs is 2. The SMILES string of the molecule is N[C@@H](CCCNC(=O)c1ccc(C(=O)NCCC[C@H](N)C(=O)N2CCC[C@H]2C(=O)N[C@@H]2CCCc3ccccc32)cc1)C(=O)N1CCC[C@H]1C(=O)N[C@@H]1CCCc2ccccc21. The Bertz CT molecular complexity index is 1950. The number of carbonyl (C=O) groups is 6. The Labute approximate surface area is 364 Å². The largest absolute Gasteiger partial charge is 0.352 e. The van der Waals surface area contributed by atoms with Crippen LogP contribution < -0.4 is 32.7 Å². The van der Waals surface area contributed by atoms with Crippen molar-refractivity contribution in [2.45, 2.75) is 126 Å². The number of benzene rings is 3. The summed E-state index contributed by atoms with van der Waals surface area (Å²) in [4.78, 5) is 82.4. The van der Waals surface area contributed by atoms with Crippen molar-refractivity contribution < 1.29 is 28.8 Å². The van der Waals surface area contributed by atoms with E-state index < -0.39 is 24.2 Å². The molecule has 6 amide bonds. The van der Waals surface area contributed by atoms with Gasteiger partial charge in [0, 0.05) is 37.3 Å². The van der Waals surface area contributed by atoms with Crippen LogP contribution in [0.3, 0.4) is 0 Å². The van der Waals surface area contributed by atoms with Gasteiger partial charge < -0.3 is 42.5 Å². The van der Waals surface area contributed by atoms with Crippen LogP contribution in [0.5, 0.6) is 0 Å². The van der Waals surface area contributed by atoms with Crippen LogP contribution in [0.2, 0.25) is 0 Å². The quantitative estimate of drug-likeness (QED) is 0.117. The third-order valence-corrected chi connectivity index (χ3v) is 13.0. The van der Waals surface area contributed by atoms with Crippen LogP contribution in [0.15, 0.2) is 72.8 Å². The number of hydrogen-bond acceptors (Lipinski definition) is 8. The summed E-state index contributed by atoms with van der Waals surface area (Å²) in [6.45, 7) is 1.59. The molecule has 2 heterocycles. The molecule has 4 aliphatic rings. The van der Waals surface area contributed by atoms with Crippen molar-refractivity contribution in [1.29, 1.82) is 0 Å². The third kappa shape index (κ3) is 10.7. The lowest BCUT2D eigenvalue weighted by atomic mass is 9.87. The van der Waals surface area contributed by atoms with Crippen molar-refractivity contribution in [2.75, 3.05) is 26.2 Å². The van der Waals surface area contributed by atoms with Crippen molar-refractivity contribution in [3.05, 3.63) is 106 Å². The maximum Gasteiger partial charge on any atom is 0.251 e. The number of nitrogens with two attached hydrogens (primary N) is 2. The molecule has 62 heavy (non-hydrogen) atoms. The van der Waals surface area contributed by atoms with Gasteiger partial charge >= 0.3 is 0 Å². The van der Waals surface area contributed by atoms with E-state index in [1.165, 1.54) is 11.1 Å². The first kappa shape index (κ1) is 44.5. The molecule has 0 aromatic heterocycles. The summed E-state index contributed by atoms with van der Waals surface area (Å²) in [5.41, 5.74) is 18.2.